The number of alkyl halides is 3. The van der Waals surface area contributed by atoms with Crippen molar-refractivity contribution in [2.24, 2.45) is 0 Å². The fraction of sp³-hybridized carbons (Fsp3) is 0.333. The molecule has 0 radical (unpaired) electrons. The first-order chi connectivity index (χ1) is 6.99. The van der Waals surface area contributed by atoms with Gasteiger partial charge >= 0.3 is 5.97 Å². The van der Waals surface area contributed by atoms with Gasteiger partial charge in [0.15, 0.2) is 0 Å². The first-order valence-electron chi connectivity index (χ1n) is 4.04. The monoisotopic (exact) mass is 235 g/mol. The highest BCUT2D eigenvalue weighted by molar-refractivity contribution is 6.17. The van der Waals surface area contributed by atoms with E-state index in [1.807, 2.05) is 0 Å². The van der Waals surface area contributed by atoms with E-state index in [9.17, 15) is 13.6 Å². The van der Waals surface area contributed by atoms with E-state index in [-0.39, 0.29) is 17.1 Å². The first kappa shape index (κ1) is 11.8. The second-order valence-electron chi connectivity index (χ2n) is 2.92. The van der Waals surface area contributed by atoms with E-state index in [2.05, 4.69) is 4.98 Å². The molecule has 0 atom stereocenters. The molecule has 0 unspecified atom stereocenters. The van der Waals surface area contributed by atoms with Crippen molar-refractivity contribution in [1.82, 2.24) is 4.98 Å². The van der Waals surface area contributed by atoms with Gasteiger partial charge in [0.05, 0.1) is 22.7 Å². The molecule has 0 bridgehead atoms. The maximum absolute atomic E-state index is 12.7. The summed E-state index contributed by atoms with van der Waals surface area (Å²) in [5, 5.41) is 8.81. The van der Waals surface area contributed by atoms with Crippen LogP contribution in [0.15, 0.2) is 6.20 Å². The highest BCUT2D eigenvalue weighted by Crippen LogP contribution is 2.28. The molecule has 1 heterocycles. The van der Waals surface area contributed by atoms with Gasteiger partial charge in [-0.3, -0.25) is 4.98 Å². The smallest absolute Gasteiger partial charge is 0.336 e. The Bertz CT molecular complexity index is 396. The molecule has 1 N–H and O–H groups in total. The van der Waals surface area contributed by atoms with Gasteiger partial charge in [0.25, 0.3) is 6.43 Å². The molecule has 1 rings (SSSR count). The van der Waals surface area contributed by atoms with Crippen LogP contribution in [-0.4, -0.2) is 16.1 Å². The number of hydrogen-bond acceptors (Lipinski definition) is 2. The maximum Gasteiger partial charge on any atom is 0.336 e. The summed E-state index contributed by atoms with van der Waals surface area (Å²) in [6.45, 7) is 1.42. The lowest BCUT2D eigenvalue weighted by atomic mass is 10.0. The minimum atomic E-state index is -2.89. The quantitative estimate of drug-likeness (QED) is 0.820. The normalized spacial score (nSPS) is 10.7. The van der Waals surface area contributed by atoms with Crippen LogP contribution in [0, 0.1) is 6.92 Å². The van der Waals surface area contributed by atoms with Gasteiger partial charge in [-0.05, 0) is 12.5 Å². The van der Waals surface area contributed by atoms with Crippen molar-refractivity contribution in [3.63, 3.8) is 0 Å². The zero-order valence-electron chi connectivity index (χ0n) is 7.80. The molecule has 0 saturated carbocycles. The lowest BCUT2D eigenvalue weighted by Crippen LogP contribution is -2.10. The van der Waals surface area contributed by atoms with E-state index >= 15 is 0 Å². The molecule has 15 heavy (non-hydrogen) atoms. The first-order valence-corrected chi connectivity index (χ1v) is 4.58. The van der Waals surface area contributed by atoms with E-state index < -0.39 is 23.5 Å². The molecule has 0 spiro atoms. The Morgan fingerprint density at radius 1 is 1.67 bits per heavy atom. The van der Waals surface area contributed by atoms with Crippen LogP contribution in [0.3, 0.4) is 0 Å². The molecule has 0 saturated heterocycles. The molecule has 6 heteroatoms. The predicted molar refractivity (Wildman–Crippen MR) is 50.4 cm³/mol. The number of aryl methyl sites for hydroxylation is 1. The maximum atomic E-state index is 12.7. The zero-order chi connectivity index (χ0) is 11.6. The molecule has 0 aliphatic rings. The van der Waals surface area contributed by atoms with Crippen LogP contribution in [0.25, 0.3) is 0 Å². The van der Waals surface area contributed by atoms with E-state index in [0.29, 0.717) is 0 Å². The highest BCUT2D eigenvalue weighted by Gasteiger charge is 2.24. The van der Waals surface area contributed by atoms with E-state index in [1.165, 1.54) is 13.1 Å². The molecule has 0 aliphatic carbocycles. The topological polar surface area (TPSA) is 50.2 Å². The molecule has 1 aromatic rings. The summed E-state index contributed by atoms with van der Waals surface area (Å²) >= 11 is 5.42. The summed E-state index contributed by atoms with van der Waals surface area (Å²) < 4.78 is 25.3. The predicted octanol–water partition coefficient (Wildman–Crippen LogP) is 2.76. The number of aromatic carboxylic acids is 1. The minimum absolute atomic E-state index is 0.0883. The minimum Gasteiger partial charge on any atom is -0.478 e. The number of carboxylic acid groups (broad SMARTS) is 1. The van der Waals surface area contributed by atoms with Gasteiger partial charge in [-0.25, -0.2) is 13.6 Å². The van der Waals surface area contributed by atoms with Gasteiger partial charge in [0, 0.05) is 6.20 Å². The Hall–Kier alpha value is -1.23. The molecule has 0 amide bonds. The fourth-order valence-corrected chi connectivity index (χ4v) is 1.50. The Morgan fingerprint density at radius 2 is 2.27 bits per heavy atom. The van der Waals surface area contributed by atoms with Gasteiger partial charge in [0.2, 0.25) is 0 Å². The largest absolute Gasteiger partial charge is 0.478 e. The van der Waals surface area contributed by atoms with Crippen molar-refractivity contribution in [3.05, 3.63) is 28.6 Å². The number of nitrogens with zero attached hydrogens (tertiary/aromatic N) is 1. The van der Waals surface area contributed by atoms with Crippen LogP contribution in [0.1, 0.15) is 33.6 Å². The van der Waals surface area contributed by atoms with Crippen molar-refractivity contribution in [1.29, 1.82) is 0 Å². The second kappa shape index (κ2) is 4.53. The third kappa shape index (κ3) is 2.23. The van der Waals surface area contributed by atoms with Crippen LogP contribution in [-0.2, 0) is 5.88 Å². The summed E-state index contributed by atoms with van der Waals surface area (Å²) in [4.78, 5) is 14.5. The van der Waals surface area contributed by atoms with Crippen molar-refractivity contribution >= 4 is 17.6 Å². The van der Waals surface area contributed by atoms with Crippen LogP contribution >= 0.6 is 11.6 Å². The Kier molecular flexibility index (Phi) is 3.57. The van der Waals surface area contributed by atoms with Gasteiger partial charge in [-0.1, -0.05) is 0 Å². The molecular formula is C9H8ClF2NO2. The third-order valence-electron chi connectivity index (χ3n) is 1.95. The third-order valence-corrected chi connectivity index (χ3v) is 2.20. The summed E-state index contributed by atoms with van der Waals surface area (Å²) in [7, 11) is 0. The van der Waals surface area contributed by atoms with Crippen LogP contribution < -0.4 is 0 Å². The summed E-state index contributed by atoms with van der Waals surface area (Å²) in [5.41, 5.74) is -0.880. The fourth-order valence-electron chi connectivity index (χ4n) is 1.29. The lowest BCUT2D eigenvalue weighted by Gasteiger charge is -2.11. The van der Waals surface area contributed by atoms with Crippen molar-refractivity contribution in [2.45, 2.75) is 19.2 Å². The molecule has 1 aromatic heterocycles. The lowest BCUT2D eigenvalue weighted by molar-refractivity contribution is 0.0683. The molecular weight excluding hydrogens is 228 g/mol. The molecule has 0 aliphatic heterocycles. The Morgan fingerprint density at radius 3 is 2.67 bits per heavy atom. The molecule has 0 fully saturated rings. The van der Waals surface area contributed by atoms with Gasteiger partial charge in [-0.2, -0.15) is 0 Å². The van der Waals surface area contributed by atoms with Crippen LogP contribution in [0.5, 0.6) is 0 Å². The number of hydrogen-bond donors (Lipinski definition) is 1. The molecule has 0 aromatic carbocycles. The highest BCUT2D eigenvalue weighted by atomic mass is 35.5. The van der Waals surface area contributed by atoms with Gasteiger partial charge < -0.3 is 5.11 Å². The van der Waals surface area contributed by atoms with Crippen molar-refractivity contribution in [3.8, 4) is 0 Å². The average Bonchev–Trinajstić information content (AvgIpc) is 2.16. The van der Waals surface area contributed by atoms with Gasteiger partial charge in [-0.15, -0.1) is 11.6 Å². The standard InChI is InChI=1S/C9H8ClF2NO2/c1-4-3-13-5(2-10)7(8(11)12)6(4)9(14)15/h3,8H,2H2,1H3,(H,14,15). The number of halogens is 3. The van der Waals surface area contributed by atoms with E-state index in [4.69, 9.17) is 16.7 Å². The number of carboxylic acids is 1. The van der Waals surface area contributed by atoms with Crippen LogP contribution in [0.4, 0.5) is 8.78 Å². The van der Waals surface area contributed by atoms with E-state index in [0.717, 1.165) is 0 Å². The SMILES string of the molecule is Cc1cnc(CCl)c(C(F)F)c1C(=O)O. The van der Waals surface area contributed by atoms with Crippen molar-refractivity contribution in [2.75, 3.05) is 0 Å². The molecule has 82 valence electrons. The van der Waals surface area contributed by atoms with E-state index in [1.54, 1.807) is 0 Å². The summed E-state index contributed by atoms with van der Waals surface area (Å²) in [6, 6.07) is 0. The number of rotatable bonds is 3. The van der Waals surface area contributed by atoms with Gasteiger partial charge in [0.1, 0.15) is 0 Å². The Balaban J connectivity index is 3.51. The van der Waals surface area contributed by atoms with Crippen LogP contribution in [0.2, 0.25) is 0 Å². The van der Waals surface area contributed by atoms with Crippen molar-refractivity contribution < 1.29 is 18.7 Å². The summed E-state index contributed by atoms with van der Waals surface area (Å²) in [5.74, 6) is -1.63. The zero-order valence-corrected chi connectivity index (χ0v) is 8.55. The Labute approximate surface area is 89.7 Å². The summed E-state index contributed by atoms with van der Waals surface area (Å²) in [6.07, 6.45) is -1.66. The number of carbonyl (C=O) groups is 1. The number of aromatic nitrogens is 1. The number of pyridine rings is 1. The molecule has 3 nitrogen and oxygen atoms in total. The average molecular weight is 236 g/mol. The second-order valence-corrected chi connectivity index (χ2v) is 3.18.